The van der Waals surface area contributed by atoms with Gasteiger partial charge in [0, 0.05) is 38.1 Å². The molecule has 8 heteroatoms. The molecule has 1 fully saturated rings. The van der Waals surface area contributed by atoms with Crippen molar-refractivity contribution >= 4 is 22.6 Å². The molecular formula is C26H34N6O2. The molecular weight excluding hydrogens is 428 g/mol. The summed E-state index contributed by atoms with van der Waals surface area (Å²) >= 11 is 0. The van der Waals surface area contributed by atoms with Gasteiger partial charge in [-0.2, -0.15) is 0 Å². The number of nitrogens with one attached hydrogen (secondary N) is 1. The minimum absolute atomic E-state index is 0.0228. The lowest BCUT2D eigenvalue weighted by molar-refractivity contribution is -0.135. The topological polar surface area (TPSA) is 73.8 Å². The third-order valence-corrected chi connectivity index (χ3v) is 5.92. The molecule has 1 aliphatic rings. The van der Waals surface area contributed by atoms with Gasteiger partial charge in [0.05, 0.1) is 12.1 Å². The van der Waals surface area contributed by atoms with Gasteiger partial charge in [0.2, 0.25) is 0 Å². The predicted octanol–water partition coefficient (Wildman–Crippen LogP) is 2.72. The third kappa shape index (κ3) is 6.65. The van der Waals surface area contributed by atoms with Crippen LogP contribution in [0.25, 0.3) is 10.9 Å². The zero-order valence-electron chi connectivity index (χ0n) is 20.1. The van der Waals surface area contributed by atoms with Crippen LogP contribution in [0.2, 0.25) is 0 Å². The number of fused-ring (bicyclic) bond motifs is 1. The third-order valence-electron chi connectivity index (χ3n) is 5.92. The first-order valence-electron chi connectivity index (χ1n) is 11.9. The summed E-state index contributed by atoms with van der Waals surface area (Å²) in [7, 11) is 4.17. The fourth-order valence-corrected chi connectivity index (χ4v) is 4.04. The first-order chi connectivity index (χ1) is 16.6. The lowest BCUT2D eigenvalue weighted by atomic mass is 10.2. The van der Waals surface area contributed by atoms with Crippen LogP contribution in [-0.2, 0) is 11.3 Å². The number of nitrogens with zero attached hydrogens (tertiary/aromatic N) is 5. The molecule has 0 saturated carbocycles. The van der Waals surface area contributed by atoms with Crippen LogP contribution in [-0.4, -0.2) is 90.5 Å². The van der Waals surface area contributed by atoms with E-state index in [0.717, 1.165) is 55.1 Å². The normalized spacial score (nSPS) is 14.5. The standard InChI is InChI=1S/C26H34N6O2/c1-30(2)14-8-13-27-26-22-11-6-7-12-23(22)28-24(29-26)19-31-15-17-32(18-16-31)25(33)20-34-21-9-4-3-5-10-21/h3-7,9-12H,8,13-20H2,1-2H3,(H,27,28,29). The first kappa shape index (κ1) is 23.9. The molecule has 0 aliphatic carbocycles. The number of ether oxygens (including phenoxy) is 1. The fourth-order valence-electron chi connectivity index (χ4n) is 4.04. The molecule has 8 nitrogen and oxygen atoms in total. The average molecular weight is 463 g/mol. The summed E-state index contributed by atoms with van der Waals surface area (Å²) < 4.78 is 5.62. The zero-order valence-corrected chi connectivity index (χ0v) is 20.1. The Balaban J connectivity index is 1.31. The summed E-state index contributed by atoms with van der Waals surface area (Å²) in [6, 6.07) is 17.6. The number of hydrogen-bond acceptors (Lipinski definition) is 7. The molecule has 180 valence electrons. The molecule has 34 heavy (non-hydrogen) atoms. The predicted molar refractivity (Wildman–Crippen MR) is 135 cm³/mol. The maximum atomic E-state index is 12.5. The van der Waals surface area contributed by atoms with Crippen LogP contribution in [0.1, 0.15) is 12.2 Å². The Morgan fingerprint density at radius 3 is 2.50 bits per heavy atom. The van der Waals surface area contributed by atoms with E-state index in [0.29, 0.717) is 25.4 Å². The second-order valence-corrected chi connectivity index (χ2v) is 8.85. The minimum Gasteiger partial charge on any atom is -0.484 e. The summed E-state index contributed by atoms with van der Waals surface area (Å²) in [4.78, 5) is 28.6. The van der Waals surface area contributed by atoms with E-state index >= 15 is 0 Å². The summed E-state index contributed by atoms with van der Waals surface area (Å²) in [6.07, 6.45) is 1.05. The lowest BCUT2D eigenvalue weighted by Crippen LogP contribution is -2.49. The molecule has 1 aliphatic heterocycles. The highest BCUT2D eigenvalue weighted by Crippen LogP contribution is 2.21. The number of para-hydroxylation sites is 2. The van der Waals surface area contributed by atoms with Gasteiger partial charge in [0.15, 0.2) is 6.61 Å². The molecule has 1 N–H and O–H groups in total. The molecule has 2 heterocycles. The largest absolute Gasteiger partial charge is 0.484 e. The number of rotatable bonds is 10. The summed E-state index contributed by atoms with van der Waals surface area (Å²) in [5.74, 6) is 2.44. The number of hydrogen-bond donors (Lipinski definition) is 1. The summed E-state index contributed by atoms with van der Waals surface area (Å²) in [5, 5.41) is 4.55. The van der Waals surface area contributed by atoms with E-state index < -0.39 is 0 Å². The van der Waals surface area contributed by atoms with Crippen molar-refractivity contribution in [2.75, 3.05) is 65.3 Å². The highest BCUT2D eigenvalue weighted by molar-refractivity contribution is 5.89. The van der Waals surface area contributed by atoms with E-state index in [1.807, 2.05) is 53.4 Å². The lowest BCUT2D eigenvalue weighted by Gasteiger charge is -2.34. The Bertz CT molecular complexity index is 1070. The molecule has 4 rings (SSSR count). The van der Waals surface area contributed by atoms with Crippen LogP contribution >= 0.6 is 0 Å². The van der Waals surface area contributed by atoms with Crippen LogP contribution in [0.4, 0.5) is 5.82 Å². The smallest absolute Gasteiger partial charge is 0.260 e. The van der Waals surface area contributed by atoms with E-state index in [1.165, 1.54) is 0 Å². The molecule has 0 radical (unpaired) electrons. The number of anilines is 1. The number of aromatic nitrogens is 2. The van der Waals surface area contributed by atoms with E-state index in [4.69, 9.17) is 14.7 Å². The Morgan fingerprint density at radius 2 is 1.74 bits per heavy atom. The number of amides is 1. The average Bonchev–Trinajstić information content (AvgIpc) is 2.86. The van der Waals surface area contributed by atoms with Crippen molar-refractivity contribution in [3.8, 4) is 5.75 Å². The molecule has 0 spiro atoms. The highest BCUT2D eigenvalue weighted by Gasteiger charge is 2.22. The quantitative estimate of drug-likeness (QED) is 0.465. The Labute approximate surface area is 201 Å². The molecule has 3 aromatic rings. The fraction of sp³-hybridized carbons (Fsp3) is 0.423. The van der Waals surface area contributed by atoms with Crippen LogP contribution in [0.3, 0.4) is 0 Å². The van der Waals surface area contributed by atoms with Gasteiger partial charge in [-0.1, -0.05) is 30.3 Å². The number of carbonyl (C=O) groups is 1. The minimum atomic E-state index is 0.0228. The van der Waals surface area contributed by atoms with E-state index in [1.54, 1.807) is 0 Å². The number of piperazine rings is 1. The van der Waals surface area contributed by atoms with E-state index in [-0.39, 0.29) is 12.5 Å². The van der Waals surface area contributed by atoms with Crippen LogP contribution in [0.15, 0.2) is 54.6 Å². The summed E-state index contributed by atoms with van der Waals surface area (Å²) in [5.41, 5.74) is 0.953. The maximum absolute atomic E-state index is 12.5. The molecule has 2 aromatic carbocycles. The Hall–Kier alpha value is -3.23. The Kier molecular flexibility index (Phi) is 8.27. The van der Waals surface area contributed by atoms with Crippen molar-refractivity contribution in [1.29, 1.82) is 0 Å². The van der Waals surface area contributed by atoms with Crippen molar-refractivity contribution in [3.05, 3.63) is 60.4 Å². The molecule has 0 unspecified atom stereocenters. The van der Waals surface area contributed by atoms with Crippen molar-refractivity contribution in [2.45, 2.75) is 13.0 Å². The SMILES string of the molecule is CN(C)CCCNc1nc(CN2CCN(C(=O)COc3ccccc3)CC2)nc2ccccc12. The van der Waals surface area contributed by atoms with Gasteiger partial charge in [-0.25, -0.2) is 9.97 Å². The second-order valence-electron chi connectivity index (χ2n) is 8.85. The molecule has 1 aromatic heterocycles. The number of benzene rings is 2. The molecule has 1 amide bonds. The van der Waals surface area contributed by atoms with E-state index in [2.05, 4.69) is 35.3 Å². The van der Waals surface area contributed by atoms with Crippen molar-refractivity contribution in [2.24, 2.45) is 0 Å². The summed E-state index contributed by atoms with van der Waals surface area (Å²) in [6.45, 7) is 5.57. The van der Waals surface area contributed by atoms with Crippen LogP contribution < -0.4 is 10.1 Å². The van der Waals surface area contributed by atoms with Gasteiger partial charge >= 0.3 is 0 Å². The van der Waals surface area contributed by atoms with Gasteiger partial charge in [-0.15, -0.1) is 0 Å². The van der Waals surface area contributed by atoms with Gasteiger partial charge < -0.3 is 19.9 Å². The van der Waals surface area contributed by atoms with Crippen molar-refractivity contribution in [1.82, 2.24) is 24.7 Å². The molecule has 1 saturated heterocycles. The van der Waals surface area contributed by atoms with Gasteiger partial charge in [0.1, 0.15) is 17.4 Å². The van der Waals surface area contributed by atoms with Gasteiger partial charge in [-0.3, -0.25) is 9.69 Å². The number of carbonyl (C=O) groups excluding carboxylic acids is 1. The highest BCUT2D eigenvalue weighted by atomic mass is 16.5. The van der Waals surface area contributed by atoms with Gasteiger partial charge in [-0.05, 0) is 51.3 Å². The zero-order chi connectivity index (χ0) is 23.8. The van der Waals surface area contributed by atoms with E-state index in [9.17, 15) is 4.79 Å². The van der Waals surface area contributed by atoms with Gasteiger partial charge in [0.25, 0.3) is 5.91 Å². The van der Waals surface area contributed by atoms with Crippen LogP contribution in [0, 0.1) is 0 Å². The van der Waals surface area contributed by atoms with Crippen LogP contribution in [0.5, 0.6) is 5.75 Å². The Morgan fingerprint density at radius 1 is 1.00 bits per heavy atom. The van der Waals surface area contributed by atoms with Crippen molar-refractivity contribution in [3.63, 3.8) is 0 Å². The monoisotopic (exact) mass is 462 g/mol. The maximum Gasteiger partial charge on any atom is 0.260 e. The molecule has 0 atom stereocenters. The second kappa shape index (κ2) is 11.8. The molecule has 0 bridgehead atoms. The van der Waals surface area contributed by atoms with Crippen molar-refractivity contribution < 1.29 is 9.53 Å². The first-order valence-corrected chi connectivity index (χ1v) is 11.9.